The minimum absolute atomic E-state index is 0.0334. The molecule has 1 unspecified atom stereocenters. The Kier molecular flexibility index (Phi) is 6.26. The highest BCUT2D eigenvalue weighted by atomic mass is 35.5. The number of hydrogen-bond acceptors (Lipinski definition) is 4. The summed E-state index contributed by atoms with van der Waals surface area (Å²) in [5.41, 5.74) is 0.738. The molecule has 0 saturated heterocycles. The Morgan fingerprint density at radius 1 is 1.47 bits per heavy atom. The van der Waals surface area contributed by atoms with E-state index in [4.69, 9.17) is 21.1 Å². The van der Waals surface area contributed by atoms with Crippen molar-refractivity contribution in [3.63, 3.8) is 0 Å². The number of halogens is 1. The Morgan fingerprint density at radius 2 is 2.24 bits per heavy atom. The van der Waals surface area contributed by atoms with Crippen molar-refractivity contribution in [2.75, 3.05) is 25.6 Å². The highest BCUT2D eigenvalue weighted by molar-refractivity contribution is 6.31. The molecule has 1 heterocycles. The van der Waals surface area contributed by atoms with E-state index < -0.39 is 0 Å². The van der Waals surface area contributed by atoms with Gasteiger partial charge in [0.1, 0.15) is 5.82 Å². The van der Waals surface area contributed by atoms with E-state index >= 15 is 0 Å². The third-order valence-corrected chi connectivity index (χ3v) is 2.58. The molecule has 0 bridgehead atoms. The molecule has 0 aliphatic carbocycles. The molecule has 1 rings (SSSR count). The fraction of sp³-hybridized carbons (Fsp3) is 0.583. The lowest BCUT2D eigenvalue weighted by Gasteiger charge is -2.13. The van der Waals surface area contributed by atoms with Crippen molar-refractivity contribution in [1.82, 2.24) is 4.98 Å². The molecule has 0 aromatic carbocycles. The molecule has 0 spiro atoms. The van der Waals surface area contributed by atoms with Gasteiger partial charge in [0.05, 0.1) is 30.0 Å². The molecule has 1 aromatic rings. The number of nitrogens with zero attached hydrogens (tertiary/aromatic N) is 1. The largest absolute Gasteiger partial charge is 0.379 e. The first-order valence-corrected chi connectivity index (χ1v) is 6.07. The van der Waals surface area contributed by atoms with Gasteiger partial charge in [0.2, 0.25) is 0 Å². The maximum atomic E-state index is 6.04. The van der Waals surface area contributed by atoms with Crippen LogP contribution in [-0.4, -0.2) is 31.3 Å². The summed E-state index contributed by atoms with van der Waals surface area (Å²) in [6.45, 7) is 5.59. The van der Waals surface area contributed by atoms with Gasteiger partial charge in [-0.2, -0.15) is 0 Å². The quantitative estimate of drug-likeness (QED) is 0.817. The molecular weight excluding hydrogens is 240 g/mol. The third-order valence-electron chi connectivity index (χ3n) is 2.24. The van der Waals surface area contributed by atoms with Gasteiger partial charge in [-0.1, -0.05) is 11.6 Å². The number of anilines is 1. The van der Waals surface area contributed by atoms with Crippen molar-refractivity contribution in [3.05, 3.63) is 22.8 Å². The Balaban J connectivity index is 2.50. The number of pyridine rings is 1. The molecule has 96 valence electrons. The van der Waals surface area contributed by atoms with Gasteiger partial charge in [-0.25, -0.2) is 4.98 Å². The minimum atomic E-state index is 0.0334. The molecule has 4 nitrogen and oxygen atoms in total. The van der Waals surface area contributed by atoms with Crippen LogP contribution in [0.4, 0.5) is 5.82 Å². The smallest absolute Gasteiger partial charge is 0.126 e. The standard InChI is InChI=1S/C12H19ClN2O2/c1-4-16-7-9(2)17-8-11-10(13)5-6-12(14-3)15-11/h5-6,9H,4,7-8H2,1-3H3,(H,14,15). The third kappa shape index (κ3) is 4.89. The van der Waals surface area contributed by atoms with E-state index in [1.807, 2.05) is 33.0 Å². The summed E-state index contributed by atoms with van der Waals surface area (Å²) in [5.74, 6) is 0.783. The summed E-state index contributed by atoms with van der Waals surface area (Å²) in [5, 5.41) is 3.58. The number of hydrogen-bond donors (Lipinski definition) is 1. The van der Waals surface area contributed by atoms with E-state index in [1.165, 1.54) is 0 Å². The molecule has 0 aliphatic rings. The maximum Gasteiger partial charge on any atom is 0.126 e. The predicted molar refractivity (Wildman–Crippen MR) is 69.5 cm³/mol. The lowest BCUT2D eigenvalue weighted by atomic mass is 10.3. The van der Waals surface area contributed by atoms with Crippen molar-refractivity contribution < 1.29 is 9.47 Å². The second kappa shape index (κ2) is 7.48. The Hall–Kier alpha value is -0.840. The van der Waals surface area contributed by atoms with Crippen molar-refractivity contribution >= 4 is 17.4 Å². The highest BCUT2D eigenvalue weighted by Crippen LogP contribution is 2.17. The lowest BCUT2D eigenvalue weighted by Crippen LogP contribution is -2.16. The van der Waals surface area contributed by atoms with Crippen molar-refractivity contribution in [2.45, 2.75) is 26.6 Å². The summed E-state index contributed by atoms with van der Waals surface area (Å²) < 4.78 is 10.9. The average molecular weight is 259 g/mol. The lowest BCUT2D eigenvalue weighted by molar-refractivity contribution is -0.0126. The second-order valence-electron chi connectivity index (χ2n) is 3.66. The molecule has 0 amide bonds. The first-order chi connectivity index (χ1) is 8.17. The molecule has 5 heteroatoms. The van der Waals surface area contributed by atoms with Crippen LogP contribution in [0.25, 0.3) is 0 Å². The highest BCUT2D eigenvalue weighted by Gasteiger charge is 2.07. The van der Waals surface area contributed by atoms with Gasteiger partial charge < -0.3 is 14.8 Å². The average Bonchev–Trinajstić information content (AvgIpc) is 2.35. The first-order valence-electron chi connectivity index (χ1n) is 5.69. The van der Waals surface area contributed by atoms with E-state index in [9.17, 15) is 0 Å². The van der Waals surface area contributed by atoms with Crippen LogP contribution in [0.3, 0.4) is 0 Å². The topological polar surface area (TPSA) is 43.4 Å². The normalized spacial score (nSPS) is 12.5. The number of ether oxygens (including phenoxy) is 2. The molecule has 0 fully saturated rings. The van der Waals surface area contributed by atoms with Crippen molar-refractivity contribution in [1.29, 1.82) is 0 Å². The molecule has 1 N–H and O–H groups in total. The van der Waals surface area contributed by atoms with Crippen LogP contribution in [0, 0.1) is 0 Å². The molecule has 0 aliphatic heterocycles. The van der Waals surface area contributed by atoms with Crippen molar-refractivity contribution in [2.24, 2.45) is 0 Å². The number of aromatic nitrogens is 1. The molecule has 0 saturated carbocycles. The van der Waals surface area contributed by atoms with E-state index in [-0.39, 0.29) is 6.10 Å². The van der Waals surface area contributed by atoms with Gasteiger partial charge in [-0.15, -0.1) is 0 Å². The number of rotatable bonds is 7. The fourth-order valence-corrected chi connectivity index (χ4v) is 1.44. The summed E-state index contributed by atoms with van der Waals surface area (Å²) >= 11 is 6.04. The molecule has 0 radical (unpaired) electrons. The maximum absolute atomic E-state index is 6.04. The summed E-state index contributed by atoms with van der Waals surface area (Å²) in [6, 6.07) is 3.64. The van der Waals surface area contributed by atoms with Crippen LogP contribution < -0.4 is 5.32 Å². The molecule has 1 atom stereocenters. The SMILES string of the molecule is CCOCC(C)OCc1nc(NC)ccc1Cl. The first kappa shape index (κ1) is 14.2. The van der Waals surface area contributed by atoms with Gasteiger partial charge in [0.15, 0.2) is 0 Å². The fourth-order valence-electron chi connectivity index (χ4n) is 1.28. The Morgan fingerprint density at radius 3 is 2.88 bits per heavy atom. The van der Waals surface area contributed by atoms with Gasteiger partial charge in [-0.3, -0.25) is 0 Å². The minimum Gasteiger partial charge on any atom is -0.379 e. The summed E-state index contributed by atoms with van der Waals surface area (Å²) in [4.78, 5) is 4.33. The van der Waals surface area contributed by atoms with Gasteiger partial charge in [0.25, 0.3) is 0 Å². The van der Waals surface area contributed by atoms with Crippen LogP contribution in [0.15, 0.2) is 12.1 Å². The van der Waals surface area contributed by atoms with E-state index in [2.05, 4.69) is 10.3 Å². The zero-order chi connectivity index (χ0) is 12.7. The van der Waals surface area contributed by atoms with Crippen LogP contribution in [-0.2, 0) is 16.1 Å². The van der Waals surface area contributed by atoms with Crippen LogP contribution in [0.5, 0.6) is 0 Å². The second-order valence-corrected chi connectivity index (χ2v) is 4.06. The van der Waals surface area contributed by atoms with Gasteiger partial charge >= 0.3 is 0 Å². The Labute approximate surface area is 107 Å². The van der Waals surface area contributed by atoms with Gasteiger partial charge in [0, 0.05) is 13.7 Å². The van der Waals surface area contributed by atoms with Crippen LogP contribution >= 0.6 is 11.6 Å². The molecule has 1 aromatic heterocycles. The Bertz CT molecular complexity index is 347. The van der Waals surface area contributed by atoms with E-state index in [1.54, 1.807) is 0 Å². The monoisotopic (exact) mass is 258 g/mol. The zero-order valence-corrected chi connectivity index (χ0v) is 11.3. The van der Waals surface area contributed by atoms with Gasteiger partial charge in [-0.05, 0) is 26.0 Å². The van der Waals surface area contributed by atoms with Crippen LogP contribution in [0.2, 0.25) is 5.02 Å². The summed E-state index contributed by atoms with van der Waals surface area (Å²) in [7, 11) is 1.82. The van der Waals surface area contributed by atoms with Crippen molar-refractivity contribution in [3.8, 4) is 0 Å². The summed E-state index contributed by atoms with van der Waals surface area (Å²) in [6.07, 6.45) is 0.0334. The zero-order valence-electron chi connectivity index (χ0n) is 10.5. The predicted octanol–water partition coefficient (Wildman–Crippen LogP) is 2.72. The van der Waals surface area contributed by atoms with Crippen LogP contribution in [0.1, 0.15) is 19.5 Å². The van der Waals surface area contributed by atoms with E-state index in [0.29, 0.717) is 24.8 Å². The number of nitrogens with one attached hydrogen (secondary N) is 1. The molecular formula is C12H19ClN2O2. The van der Waals surface area contributed by atoms with E-state index in [0.717, 1.165) is 11.5 Å². The molecule has 17 heavy (non-hydrogen) atoms.